The van der Waals surface area contributed by atoms with E-state index in [2.05, 4.69) is 24.4 Å². The van der Waals surface area contributed by atoms with Gasteiger partial charge in [-0.1, -0.05) is 31.2 Å². The van der Waals surface area contributed by atoms with Crippen LogP contribution in [0.3, 0.4) is 0 Å². The molecule has 0 saturated heterocycles. The van der Waals surface area contributed by atoms with E-state index in [1.807, 2.05) is 35.6 Å². The van der Waals surface area contributed by atoms with E-state index in [9.17, 15) is 4.79 Å². The number of carboxylic acids is 1. The third-order valence-corrected chi connectivity index (χ3v) is 4.77. The normalized spacial score (nSPS) is 12.3. The van der Waals surface area contributed by atoms with Gasteiger partial charge in [-0.15, -0.1) is 11.3 Å². The van der Waals surface area contributed by atoms with Crippen molar-refractivity contribution in [1.29, 1.82) is 0 Å². The van der Waals surface area contributed by atoms with Crippen LogP contribution in [-0.2, 0) is 24.3 Å². The maximum Gasteiger partial charge on any atom is 0.310 e. The molecule has 0 aliphatic carbocycles. The van der Waals surface area contributed by atoms with Gasteiger partial charge in [0.05, 0.1) is 5.92 Å². The highest BCUT2D eigenvalue weighted by atomic mass is 32.1. The monoisotopic (exact) mass is 303 g/mol. The lowest BCUT2D eigenvalue weighted by atomic mass is 10.0. The van der Waals surface area contributed by atoms with Gasteiger partial charge < -0.3 is 10.4 Å². The van der Waals surface area contributed by atoms with Gasteiger partial charge in [-0.2, -0.15) is 0 Å². The fraction of sp³-hybridized carbons (Fsp3) is 0.353. The molecule has 0 radical (unpaired) electrons. The van der Waals surface area contributed by atoms with Gasteiger partial charge in [-0.25, -0.2) is 0 Å². The minimum atomic E-state index is -0.787. The Hall–Kier alpha value is -1.65. The number of carbonyl (C=O) groups is 1. The van der Waals surface area contributed by atoms with E-state index in [0.29, 0.717) is 0 Å². The lowest BCUT2D eigenvalue weighted by molar-refractivity contribution is -0.138. The van der Waals surface area contributed by atoms with Crippen molar-refractivity contribution in [3.63, 3.8) is 0 Å². The lowest BCUT2D eigenvalue weighted by Crippen LogP contribution is -2.12. The summed E-state index contributed by atoms with van der Waals surface area (Å²) in [5, 5.41) is 12.4. The number of hydrogen-bond donors (Lipinski definition) is 2. The van der Waals surface area contributed by atoms with Crippen molar-refractivity contribution < 1.29 is 9.90 Å². The maximum absolute atomic E-state index is 10.9. The molecule has 0 saturated carbocycles. The van der Waals surface area contributed by atoms with Crippen LogP contribution in [0.1, 0.15) is 40.6 Å². The second-order valence-electron chi connectivity index (χ2n) is 5.13. The minimum Gasteiger partial charge on any atom is -0.481 e. The SMILES string of the molecule is CCc1ccc(CNCc2ccc(C(C)C(=O)O)cc2)s1. The van der Waals surface area contributed by atoms with Crippen LogP contribution in [0.15, 0.2) is 36.4 Å². The van der Waals surface area contributed by atoms with Crippen LogP contribution in [0, 0.1) is 0 Å². The van der Waals surface area contributed by atoms with Crippen LogP contribution in [0.4, 0.5) is 0 Å². The lowest BCUT2D eigenvalue weighted by Gasteiger charge is -2.08. The third kappa shape index (κ3) is 4.41. The fourth-order valence-corrected chi connectivity index (χ4v) is 3.03. The summed E-state index contributed by atoms with van der Waals surface area (Å²) in [5.41, 5.74) is 2.01. The highest BCUT2D eigenvalue weighted by molar-refractivity contribution is 7.11. The Balaban J connectivity index is 1.84. The van der Waals surface area contributed by atoms with Gasteiger partial charge in [0.25, 0.3) is 0 Å². The molecule has 0 bridgehead atoms. The summed E-state index contributed by atoms with van der Waals surface area (Å²) < 4.78 is 0. The average molecular weight is 303 g/mol. The van der Waals surface area contributed by atoms with Gasteiger partial charge in [0.2, 0.25) is 0 Å². The molecular formula is C17H21NO2S. The molecular weight excluding hydrogens is 282 g/mol. The molecule has 1 aromatic heterocycles. The predicted octanol–water partition coefficient (Wildman–Crippen LogP) is 3.79. The molecule has 3 nitrogen and oxygen atoms in total. The summed E-state index contributed by atoms with van der Waals surface area (Å²) in [7, 11) is 0. The van der Waals surface area contributed by atoms with Gasteiger partial charge in [-0.3, -0.25) is 4.79 Å². The van der Waals surface area contributed by atoms with Crippen LogP contribution in [-0.4, -0.2) is 11.1 Å². The number of thiophene rings is 1. The van der Waals surface area contributed by atoms with Crippen molar-refractivity contribution in [2.45, 2.75) is 39.3 Å². The van der Waals surface area contributed by atoms with E-state index in [1.54, 1.807) is 6.92 Å². The quantitative estimate of drug-likeness (QED) is 0.818. The molecule has 2 N–H and O–H groups in total. The largest absolute Gasteiger partial charge is 0.481 e. The van der Waals surface area contributed by atoms with Crippen LogP contribution < -0.4 is 5.32 Å². The number of carboxylic acid groups (broad SMARTS) is 1. The zero-order valence-corrected chi connectivity index (χ0v) is 13.2. The summed E-state index contributed by atoms with van der Waals surface area (Å²) in [6, 6.07) is 12.1. The van der Waals surface area contributed by atoms with Crippen LogP contribution in [0.2, 0.25) is 0 Å². The van der Waals surface area contributed by atoms with Crippen molar-refractivity contribution in [3.05, 3.63) is 57.3 Å². The second-order valence-corrected chi connectivity index (χ2v) is 6.38. The molecule has 21 heavy (non-hydrogen) atoms. The second kappa shape index (κ2) is 7.38. The molecule has 0 amide bonds. The Morgan fingerprint density at radius 3 is 2.38 bits per heavy atom. The van der Waals surface area contributed by atoms with E-state index < -0.39 is 11.9 Å². The zero-order chi connectivity index (χ0) is 15.2. The minimum absolute atomic E-state index is 0.453. The summed E-state index contributed by atoms with van der Waals surface area (Å²) in [5.74, 6) is -1.24. The molecule has 0 fully saturated rings. The molecule has 0 spiro atoms. The first-order valence-corrected chi connectivity index (χ1v) is 8.01. The average Bonchev–Trinajstić information content (AvgIpc) is 2.95. The van der Waals surface area contributed by atoms with Crippen LogP contribution in [0.5, 0.6) is 0 Å². The molecule has 2 rings (SSSR count). The van der Waals surface area contributed by atoms with Gasteiger partial charge in [0.15, 0.2) is 0 Å². The Morgan fingerprint density at radius 2 is 1.81 bits per heavy atom. The van der Waals surface area contributed by atoms with E-state index >= 15 is 0 Å². The molecule has 0 aliphatic rings. The molecule has 2 aromatic rings. The fourth-order valence-electron chi connectivity index (χ4n) is 2.10. The first kappa shape index (κ1) is 15.7. The Labute approximate surface area is 129 Å². The van der Waals surface area contributed by atoms with Crippen LogP contribution >= 0.6 is 11.3 Å². The number of aliphatic carboxylic acids is 1. The first-order chi connectivity index (χ1) is 10.1. The number of nitrogens with one attached hydrogen (secondary N) is 1. The maximum atomic E-state index is 10.9. The predicted molar refractivity (Wildman–Crippen MR) is 86.7 cm³/mol. The van der Waals surface area contributed by atoms with Crippen molar-refractivity contribution in [2.24, 2.45) is 0 Å². The van der Waals surface area contributed by atoms with Gasteiger partial charge >= 0.3 is 5.97 Å². The van der Waals surface area contributed by atoms with Crippen molar-refractivity contribution in [3.8, 4) is 0 Å². The molecule has 4 heteroatoms. The van der Waals surface area contributed by atoms with Crippen molar-refractivity contribution in [1.82, 2.24) is 5.32 Å². The van der Waals surface area contributed by atoms with Gasteiger partial charge in [0.1, 0.15) is 0 Å². The summed E-state index contributed by atoms with van der Waals surface area (Å²) in [4.78, 5) is 13.7. The molecule has 1 heterocycles. The smallest absolute Gasteiger partial charge is 0.310 e. The van der Waals surface area contributed by atoms with Crippen molar-refractivity contribution in [2.75, 3.05) is 0 Å². The first-order valence-electron chi connectivity index (χ1n) is 7.20. The van der Waals surface area contributed by atoms with E-state index in [-0.39, 0.29) is 0 Å². The molecule has 1 aromatic carbocycles. The summed E-state index contributed by atoms with van der Waals surface area (Å²) in [6.07, 6.45) is 1.09. The topological polar surface area (TPSA) is 49.3 Å². The van der Waals surface area contributed by atoms with Gasteiger partial charge in [0, 0.05) is 22.8 Å². The molecule has 0 aliphatic heterocycles. The third-order valence-electron chi connectivity index (χ3n) is 3.54. The summed E-state index contributed by atoms with van der Waals surface area (Å²) >= 11 is 1.85. The van der Waals surface area contributed by atoms with Crippen LogP contribution in [0.25, 0.3) is 0 Å². The zero-order valence-electron chi connectivity index (χ0n) is 12.4. The molecule has 1 atom stereocenters. The van der Waals surface area contributed by atoms with E-state index in [1.165, 1.54) is 15.3 Å². The van der Waals surface area contributed by atoms with E-state index in [4.69, 9.17) is 5.11 Å². The molecule has 112 valence electrons. The van der Waals surface area contributed by atoms with E-state index in [0.717, 1.165) is 25.1 Å². The number of hydrogen-bond acceptors (Lipinski definition) is 3. The standard InChI is InChI=1S/C17H21NO2S/c1-3-15-8-9-16(21-15)11-18-10-13-4-6-14(7-5-13)12(2)17(19)20/h4-9,12,18H,3,10-11H2,1-2H3,(H,19,20). The number of rotatable bonds is 7. The molecule has 1 unspecified atom stereocenters. The Morgan fingerprint density at radius 1 is 1.14 bits per heavy atom. The Bertz CT molecular complexity index is 589. The highest BCUT2D eigenvalue weighted by Crippen LogP contribution is 2.18. The van der Waals surface area contributed by atoms with Gasteiger partial charge in [-0.05, 0) is 36.6 Å². The Kier molecular flexibility index (Phi) is 5.53. The summed E-state index contributed by atoms with van der Waals surface area (Å²) in [6.45, 7) is 5.54. The number of benzene rings is 1. The van der Waals surface area contributed by atoms with Crippen molar-refractivity contribution >= 4 is 17.3 Å². The number of aryl methyl sites for hydroxylation is 1. The highest BCUT2D eigenvalue weighted by Gasteiger charge is 2.12.